The zero-order chi connectivity index (χ0) is 13.5. The van der Waals surface area contributed by atoms with Crippen LogP contribution in [0.1, 0.15) is 32.1 Å². The highest BCUT2D eigenvalue weighted by atomic mass is 35.5. The van der Waals surface area contributed by atoms with E-state index in [0.717, 1.165) is 12.8 Å². The number of nitrogens with zero attached hydrogens (tertiary/aromatic N) is 2. The Hall–Kier alpha value is -1.36. The van der Waals surface area contributed by atoms with E-state index in [0.29, 0.717) is 36.5 Å². The molecule has 104 valence electrons. The maximum Gasteiger partial charge on any atom is 0.306 e. The molecule has 0 aliphatic heterocycles. The van der Waals surface area contributed by atoms with Gasteiger partial charge in [0.05, 0.1) is 6.54 Å². The van der Waals surface area contributed by atoms with E-state index in [-0.39, 0.29) is 5.97 Å². The number of carbonyl (C=O) groups is 1. The first-order chi connectivity index (χ1) is 9.24. The van der Waals surface area contributed by atoms with Crippen molar-refractivity contribution in [3.63, 3.8) is 0 Å². The standard InChI is InChI=1S/C13H18ClN3O2/c14-11-5-6-12(17-16-11)15-7-8-19-13(18)9-10-3-1-2-4-10/h5-6,10H,1-4,7-9H2,(H,15,17). The van der Waals surface area contributed by atoms with Gasteiger partial charge in [-0.2, -0.15) is 0 Å². The molecule has 5 nitrogen and oxygen atoms in total. The highest BCUT2D eigenvalue weighted by Gasteiger charge is 2.18. The first-order valence-electron chi connectivity index (χ1n) is 6.63. The van der Waals surface area contributed by atoms with E-state index < -0.39 is 0 Å². The van der Waals surface area contributed by atoms with Crippen molar-refractivity contribution in [2.24, 2.45) is 5.92 Å². The predicted molar refractivity (Wildman–Crippen MR) is 73.1 cm³/mol. The van der Waals surface area contributed by atoms with E-state index in [1.165, 1.54) is 12.8 Å². The molecule has 1 saturated carbocycles. The second-order valence-corrected chi connectivity index (χ2v) is 5.13. The molecule has 19 heavy (non-hydrogen) atoms. The van der Waals surface area contributed by atoms with Crippen LogP contribution < -0.4 is 5.32 Å². The second-order valence-electron chi connectivity index (χ2n) is 4.74. The Kier molecular flexibility index (Phi) is 5.39. The lowest BCUT2D eigenvalue weighted by atomic mass is 10.1. The van der Waals surface area contributed by atoms with E-state index in [1.807, 2.05) is 0 Å². The highest BCUT2D eigenvalue weighted by molar-refractivity contribution is 6.29. The molecule has 0 spiro atoms. The van der Waals surface area contributed by atoms with Gasteiger partial charge in [-0.25, -0.2) is 0 Å². The van der Waals surface area contributed by atoms with E-state index in [2.05, 4.69) is 15.5 Å². The number of halogens is 1. The van der Waals surface area contributed by atoms with Crippen molar-refractivity contribution in [3.05, 3.63) is 17.3 Å². The molecule has 2 rings (SSSR count). The zero-order valence-electron chi connectivity index (χ0n) is 10.8. The highest BCUT2D eigenvalue weighted by Crippen LogP contribution is 2.27. The Morgan fingerprint density at radius 1 is 1.37 bits per heavy atom. The molecule has 1 N–H and O–H groups in total. The summed E-state index contributed by atoms with van der Waals surface area (Å²) in [6.45, 7) is 0.864. The summed E-state index contributed by atoms with van der Waals surface area (Å²) in [7, 11) is 0. The summed E-state index contributed by atoms with van der Waals surface area (Å²) >= 11 is 5.62. The lowest BCUT2D eigenvalue weighted by Crippen LogP contribution is -2.16. The smallest absolute Gasteiger partial charge is 0.306 e. The Morgan fingerprint density at radius 3 is 2.84 bits per heavy atom. The van der Waals surface area contributed by atoms with Gasteiger partial charge in [-0.1, -0.05) is 24.4 Å². The van der Waals surface area contributed by atoms with Crippen LogP contribution in [-0.2, 0) is 9.53 Å². The maximum absolute atomic E-state index is 11.6. The van der Waals surface area contributed by atoms with Crippen LogP contribution in [0.15, 0.2) is 12.1 Å². The molecule has 1 fully saturated rings. The Balaban J connectivity index is 1.58. The van der Waals surface area contributed by atoms with Gasteiger partial charge >= 0.3 is 5.97 Å². The van der Waals surface area contributed by atoms with Crippen LogP contribution in [0.3, 0.4) is 0 Å². The first-order valence-corrected chi connectivity index (χ1v) is 7.00. The number of nitrogens with one attached hydrogen (secondary N) is 1. The molecule has 6 heteroatoms. The summed E-state index contributed by atoms with van der Waals surface area (Å²) in [5, 5.41) is 10.9. The molecule has 0 amide bonds. The van der Waals surface area contributed by atoms with Crippen LogP contribution in [-0.4, -0.2) is 29.3 Å². The third-order valence-corrected chi connectivity index (χ3v) is 3.43. The van der Waals surface area contributed by atoms with Gasteiger partial charge in [0.25, 0.3) is 0 Å². The summed E-state index contributed by atoms with van der Waals surface area (Å²) in [6.07, 6.45) is 5.37. The van der Waals surface area contributed by atoms with E-state index >= 15 is 0 Å². The van der Waals surface area contributed by atoms with Crippen molar-refractivity contribution in [1.29, 1.82) is 0 Å². The third kappa shape index (κ3) is 5.03. The fourth-order valence-corrected chi connectivity index (χ4v) is 2.36. The number of carbonyl (C=O) groups excluding carboxylic acids is 1. The van der Waals surface area contributed by atoms with E-state index in [4.69, 9.17) is 16.3 Å². The number of hydrogen-bond donors (Lipinski definition) is 1. The number of aromatic nitrogens is 2. The molecule has 1 heterocycles. The fourth-order valence-electron chi connectivity index (χ4n) is 2.26. The average Bonchev–Trinajstić information content (AvgIpc) is 2.89. The average molecular weight is 284 g/mol. The molecule has 0 radical (unpaired) electrons. The van der Waals surface area contributed by atoms with Crippen molar-refractivity contribution in [1.82, 2.24) is 10.2 Å². The Bertz CT molecular complexity index is 405. The molecular formula is C13H18ClN3O2. The zero-order valence-corrected chi connectivity index (χ0v) is 11.5. The normalized spacial score (nSPS) is 15.4. The minimum absolute atomic E-state index is 0.101. The van der Waals surface area contributed by atoms with Crippen molar-refractivity contribution >= 4 is 23.4 Å². The topological polar surface area (TPSA) is 64.1 Å². The lowest BCUT2D eigenvalue weighted by molar-refractivity contribution is -0.144. The van der Waals surface area contributed by atoms with Gasteiger partial charge in [0.1, 0.15) is 12.4 Å². The van der Waals surface area contributed by atoms with Gasteiger partial charge in [0, 0.05) is 6.42 Å². The van der Waals surface area contributed by atoms with Crippen molar-refractivity contribution in [3.8, 4) is 0 Å². The van der Waals surface area contributed by atoms with Crippen LogP contribution >= 0.6 is 11.6 Å². The predicted octanol–water partition coefficient (Wildman–Crippen LogP) is 2.67. The van der Waals surface area contributed by atoms with Gasteiger partial charge in [-0.3, -0.25) is 4.79 Å². The number of hydrogen-bond acceptors (Lipinski definition) is 5. The van der Waals surface area contributed by atoms with Crippen LogP contribution in [0.2, 0.25) is 5.15 Å². The minimum atomic E-state index is -0.101. The number of ether oxygens (including phenoxy) is 1. The summed E-state index contributed by atoms with van der Waals surface area (Å²) in [4.78, 5) is 11.6. The molecular weight excluding hydrogens is 266 g/mol. The number of anilines is 1. The second kappa shape index (κ2) is 7.28. The number of esters is 1. The Labute approximate surface area is 117 Å². The molecule has 0 aromatic carbocycles. The van der Waals surface area contributed by atoms with Gasteiger partial charge in [0.15, 0.2) is 5.15 Å². The van der Waals surface area contributed by atoms with Crippen LogP contribution in [0.5, 0.6) is 0 Å². The van der Waals surface area contributed by atoms with Crippen molar-refractivity contribution in [2.45, 2.75) is 32.1 Å². The summed E-state index contributed by atoms with van der Waals surface area (Å²) < 4.78 is 5.17. The van der Waals surface area contributed by atoms with Crippen LogP contribution in [0.25, 0.3) is 0 Å². The molecule has 1 aromatic heterocycles. The molecule has 1 aliphatic rings. The third-order valence-electron chi connectivity index (χ3n) is 3.23. The summed E-state index contributed by atoms with van der Waals surface area (Å²) in [6, 6.07) is 3.39. The molecule has 0 unspecified atom stereocenters. The SMILES string of the molecule is O=C(CC1CCCC1)OCCNc1ccc(Cl)nn1. The largest absolute Gasteiger partial charge is 0.464 e. The minimum Gasteiger partial charge on any atom is -0.464 e. The molecule has 0 saturated heterocycles. The first kappa shape index (κ1) is 14.1. The van der Waals surface area contributed by atoms with Gasteiger partial charge in [0.2, 0.25) is 0 Å². The molecule has 0 atom stereocenters. The van der Waals surface area contributed by atoms with Gasteiger partial charge in [-0.15, -0.1) is 10.2 Å². The quantitative estimate of drug-likeness (QED) is 0.642. The maximum atomic E-state index is 11.6. The fraction of sp³-hybridized carbons (Fsp3) is 0.615. The lowest BCUT2D eigenvalue weighted by Gasteiger charge is -2.09. The van der Waals surface area contributed by atoms with Crippen LogP contribution in [0, 0.1) is 5.92 Å². The molecule has 1 aromatic rings. The van der Waals surface area contributed by atoms with Gasteiger partial charge < -0.3 is 10.1 Å². The molecule has 0 bridgehead atoms. The summed E-state index contributed by atoms with van der Waals surface area (Å²) in [5.74, 6) is 1.05. The number of rotatable bonds is 6. The van der Waals surface area contributed by atoms with Crippen molar-refractivity contribution in [2.75, 3.05) is 18.5 Å². The Morgan fingerprint density at radius 2 is 2.16 bits per heavy atom. The van der Waals surface area contributed by atoms with Crippen LogP contribution in [0.4, 0.5) is 5.82 Å². The van der Waals surface area contributed by atoms with Crippen molar-refractivity contribution < 1.29 is 9.53 Å². The molecule has 1 aliphatic carbocycles. The summed E-state index contributed by atoms with van der Waals surface area (Å²) in [5.41, 5.74) is 0. The van der Waals surface area contributed by atoms with E-state index in [1.54, 1.807) is 12.1 Å². The van der Waals surface area contributed by atoms with Gasteiger partial charge in [-0.05, 0) is 30.9 Å². The monoisotopic (exact) mass is 283 g/mol. The van der Waals surface area contributed by atoms with E-state index in [9.17, 15) is 4.79 Å².